The van der Waals surface area contributed by atoms with Crippen LogP contribution in [0, 0.1) is 11.3 Å². The minimum Gasteiger partial charge on any atom is -0.494 e. The van der Waals surface area contributed by atoms with Gasteiger partial charge in [-0.3, -0.25) is 0 Å². The van der Waals surface area contributed by atoms with Gasteiger partial charge in [-0.25, -0.2) is 0 Å². The Bertz CT molecular complexity index is 907. The van der Waals surface area contributed by atoms with Crippen LogP contribution in [0.4, 0.5) is 5.88 Å². The molecule has 0 bridgehead atoms. The SMILES string of the molecule is CCOc1ccc(C=Cc2nc(C#N)c(NCc3ccccc3)o2)cc1. The van der Waals surface area contributed by atoms with Crippen LogP contribution in [0.3, 0.4) is 0 Å². The van der Waals surface area contributed by atoms with Gasteiger partial charge in [-0.05, 0) is 36.3 Å². The van der Waals surface area contributed by atoms with Crippen molar-refractivity contribution in [2.45, 2.75) is 13.5 Å². The summed E-state index contributed by atoms with van der Waals surface area (Å²) in [7, 11) is 0. The molecule has 2 aromatic carbocycles. The highest BCUT2D eigenvalue weighted by atomic mass is 16.5. The zero-order valence-electron chi connectivity index (χ0n) is 14.5. The first-order chi connectivity index (χ1) is 12.8. The number of benzene rings is 2. The molecule has 0 aliphatic rings. The molecule has 1 heterocycles. The second-order valence-electron chi connectivity index (χ2n) is 5.52. The van der Waals surface area contributed by atoms with Crippen molar-refractivity contribution < 1.29 is 9.15 Å². The van der Waals surface area contributed by atoms with Crippen LogP contribution in [0.2, 0.25) is 0 Å². The Hall–Kier alpha value is -3.52. The van der Waals surface area contributed by atoms with E-state index in [4.69, 9.17) is 9.15 Å². The number of ether oxygens (including phenoxy) is 1. The highest BCUT2D eigenvalue weighted by Gasteiger charge is 2.11. The van der Waals surface area contributed by atoms with Crippen LogP contribution in [0.25, 0.3) is 12.2 Å². The molecule has 3 rings (SSSR count). The maximum absolute atomic E-state index is 9.24. The summed E-state index contributed by atoms with van der Waals surface area (Å²) in [6.45, 7) is 3.15. The minimum absolute atomic E-state index is 0.243. The third-order valence-corrected chi connectivity index (χ3v) is 3.65. The highest BCUT2D eigenvalue weighted by Crippen LogP contribution is 2.20. The van der Waals surface area contributed by atoms with Gasteiger partial charge >= 0.3 is 0 Å². The number of anilines is 1. The number of nitrogens with one attached hydrogen (secondary N) is 1. The molecular formula is C21H19N3O2. The average Bonchev–Trinajstić information content (AvgIpc) is 3.09. The summed E-state index contributed by atoms with van der Waals surface area (Å²) in [5.41, 5.74) is 2.33. The smallest absolute Gasteiger partial charge is 0.232 e. The van der Waals surface area contributed by atoms with Gasteiger partial charge in [-0.2, -0.15) is 10.2 Å². The predicted octanol–water partition coefficient (Wildman–Crippen LogP) is 4.73. The summed E-state index contributed by atoms with van der Waals surface area (Å²) in [5.74, 6) is 1.59. The standard InChI is InChI=1S/C21H19N3O2/c1-2-25-18-11-8-16(9-12-18)10-13-20-24-19(14-22)21(26-20)23-15-17-6-4-3-5-7-17/h3-13,23H,2,15H2,1H3. The van der Waals surface area contributed by atoms with Crippen LogP contribution in [0.5, 0.6) is 5.75 Å². The van der Waals surface area contributed by atoms with Gasteiger partial charge in [0.2, 0.25) is 17.5 Å². The van der Waals surface area contributed by atoms with Crippen LogP contribution in [-0.4, -0.2) is 11.6 Å². The number of hydrogen-bond acceptors (Lipinski definition) is 5. The van der Waals surface area contributed by atoms with Gasteiger partial charge < -0.3 is 14.5 Å². The first kappa shape index (κ1) is 17.3. The van der Waals surface area contributed by atoms with Gasteiger partial charge in [0, 0.05) is 12.6 Å². The first-order valence-electron chi connectivity index (χ1n) is 8.38. The predicted molar refractivity (Wildman–Crippen MR) is 102 cm³/mol. The molecule has 0 fully saturated rings. The fourth-order valence-corrected chi connectivity index (χ4v) is 2.39. The summed E-state index contributed by atoms with van der Waals surface area (Å²) in [4.78, 5) is 4.20. The molecule has 130 valence electrons. The van der Waals surface area contributed by atoms with E-state index < -0.39 is 0 Å². The summed E-state index contributed by atoms with van der Waals surface area (Å²) >= 11 is 0. The zero-order chi connectivity index (χ0) is 18.2. The lowest BCUT2D eigenvalue weighted by atomic mass is 10.2. The van der Waals surface area contributed by atoms with Crippen LogP contribution >= 0.6 is 0 Å². The molecule has 0 saturated heterocycles. The van der Waals surface area contributed by atoms with E-state index in [0.29, 0.717) is 24.9 Å². The van der Waals surface area contributed by atoms with Gasteiger partial charge in [-0.15, -0.1) is 0 Å². The Morgan fingerprint density at radius 2 is 1.88 bits per heavy atom. The third-order valence-electron chi connectivity index (χ3n) is 3.65. The van der Waals surface area contributed by atoms with Crippen molar-refractivity contribution in [1.82, 2.24) is 4.98 Å². The molecule has 0 saturated carbocycles. The molecule has 1 N–H and O–H groups in total. The van der Waals surface area contributed by atoms with Gasteiger partial charge in [-0.1, -0.05) is 42.5 Å². The second kappa shape index (κ2) is 8.54. The minimum atomic E-state index is 0.243. The van der Waals surface area contributed by atoms with Gasteiger partial charge in [0.05, 0.1) is 6.61 Å². The fraction of sp³-hybridized carbons (Fsp3) is 0.143. The Labute approximate surface area is 152 Å². The number of nitriles is 1. The van der Waals surface area contributed by atoms with E-state index in [-0.39, 0.29) is 5.69 Å². The van der Waals surface area contributed by atoms with Gasteiger partial charge in [0.15, 0.2) is 0 Å². The van der Waals surface area contributed by atoms with Crippen molar-refractivity contribution in [3.05, 3.63) is 77.3 Å². The molecule has 5 heteroatoms. The van der Waals surface area contributed by atoms with Crippen molar-refractivity contribution in [3.8, 4) is 11.8 Å². The Balaban J connectivity index is 1.68. The van der Waals surface area contributed by atoms with Crippen LogP contribution < -0.4 is 10.1 Å². The zero-order valence-corrected chi connectivity index (χ0v) is 14.5. The van der Waals surface area contributed by atoms with Crippen molar-refractivity contribution in [2.24, 2.45) is 0 Å². The molecule has 0 unspecified atom stereocenters. The number of rotatable bonds is 7. The number of nitrogens with zero attached hydrogens (tertiary/aromatic N) is 2. The quantitative estimate of drug-likeness (QED) is 0.670. The summed E-state index contributed by atoms with van der Waals surface area (Å²) < 4.78 is 11.1. The maximum Gasteiger partial charge on any atom is 0.232 e. The molecule has 0 amide bonds. The normalized spacial score (nSPS) is 10.6. The summed E-state index contributed by atoms with van der Waals surface area (Å²) in [5, 5.41) is 12.4. The largest absolute Gasteiger partial charge is 0.494 e. The molecule has 0 aliphatic heterocycles. The molecular weight excluding hydrogens is 326 g/mol. The lowest BCUT2D eigenvalue weighted by Crippen LogP contribution is -1.99. The van der Waals surface area contributed by atoms with Crippen LogP contribution in [0.1, 0.15) is 29.6 Å². The molecule has 0 atom stereocenters. The monoisotopic (exact) mass is 345 g/mol. The molecule has 5 nitrogen and oxygen atoms in total. The molecule has 26 heavy (non-hydrogen) atoms. The van der Waals surface area contributed by atoms with Crippen molar-refractivity contribution in [2.75, 3.05) is 11.9 Å². The van der Waals surface area contributed by atoms with E-state index in [2.05, 4.69) is 16.4 Å². The van der Waals surface area contributed by atoms with E-state index in [1.807, 2.05) is 67.6 Å². The Morgan fingerprint density at radius 1 is 1.12 bits per heavy atom. The van der Waals surface area contributed by atoms with E-state index in [1.165, 1.54) is 0 Å². The number of hydrogen-bond donors (Lipinski definition) is 1. The molecule has 0 spiro atoms. The molecule has 3 aromatic rings. The average molecular weight is 345 g/mol. The topological polar surface area (TPSA) is 71.1 Å². The molecule has 1 aromatic heterocycles. The molecule has 0 radical (unpaired) electrons. The summed E-state index contributed by atoms with van der Waals surface area (Å²) in [6, 6.07) is 19.7. The Kier molecular flexibility index (Phi) is 5.69. The number of aromatic nitrogens is 1. The van der Waals surface area contributed by atoms with Gasteiger partial charge in [0.25, 0.3) is 0 Å². The van der Waals surface area contributed by atoms with E-state index in [0.717, 1.165) is 16.9 Å². The van der Waals surface area contributed by atoms with Crippen LogP contribution in [0.15, 0.2) is 59.0 Å². The lowest BCUT2D eigenvalue weighted by Gasteiger charge is -2.02. The van der Waals surface area contributed by atoms with E-state index >= 15 is 0 Å². The number of oxazole rings is 1. The second-order valence-corrected chi connectivity index (χ2v) is 5.52. The first-order valence-corrected chi connectivity index (χ1v) is 8.38. The van der Waals surface area contributed by atoms with Crippen LogP contribution in [-0.2, 0) is 6.54 Å². The van der Waals surface area contributed by atoms with Gasteiger partial charge in [0.1, 0.15) is 11.8 Å². The third kappa shape index (κ3) is 4.52. The van der Waals surface area contributed by atoms with Crippen molar-refractivity contribution >= 4 is 18.0 Å². The Morgan fingerprint density at radius 3 is 2.58 bits per heavy atom. The van der Waals surface area contributed by atoms with Crippen molar-refractivity contribution in [3.63, 3.8) is 0 Å². The maximum atomic E-state index is 9.24. The van der Waals surface area contributed by atoms with E-state index in [9.17, 15) is 5.26 Å². The van der Waals surface area contributed by atoms with E-state index in [1.54, 1.807) is 6.08 Å². The lowest BCUT2D eigenvalue weighted by molar-refractivity contribution is 0.340. The van der Waals surface area contributed by atoms with Crippen molar-refractivity contribution in [1.29, 1.82) is 5.26 Å². The molecule has 0 aliphatic carbocycles. The highest BCUT2D eigenvalue weighted by molar-refractivity contribution is 5.67. The fourth-order valence-electron chi connectivity index (χ4n) is 2.39. The summed E-state index contributed by atoms with van der Waals surface area (Å²) in [6.07, 6.45) is 3.62.